The number of rotatable bonds is 4. The lowest BCUT2D eigenvalue weighted by Crippen LogP contribution is -2.20. The van der Waals surface area contributed by atoms with Crippen molar-refractivity contribution in [3.63, 3.8) is 0 Å². The molecule has 48 heavy (non-hydrogen) atoms. The van der Waals surface area contributed by atoms with E-state index in [4.69, 9.17) is 9.98 Å². The van der Waals surface area contributed by atoms with Crippen molar-refractivity contribution in [2.45, 2.75) is 12.0 Å². The van der Waals surface area contributed by atoms with Gasteiger partial charge in [0.25, 0.3) is 0 Å². The number of H-pyrrole nitrogens is 2. The van der Waals surface area contributed by atoms with E-state index in [2.05, 4.69) is 180 Å². The SMILES string of the molecule is C1=CC2N=C1/C(c1ccccc1)=c1/cc/c([nH]1)=C(\c1ccccc1)c1ccc([nH]1)C(c1ccccc1)C1=N/C(=C\2c2ccccc2)C=C1. The molecule has 0 fully saturated rings. The van der Waals surface area contributed by atoms with Gasteiger partial charge >= 0.3 is 0 Å². The number of aliphatic imine (C=N–C) groups is 2. The van der Waals surface area contributed by atoms with Crippen molar-refractivity contribution in [3.05, 3.63) is 220 Å². The second kappa shape index (κ2) is 11.8. The molecule has 3 aliphatic rings. The number of fused-ring (bicyclic) bond motifs is 6. The highest BCUT2D eigenvalue weighted by atomic mass is 14.9. The van der Waals surface area contributed by atoms with E-state index in [-0.39, 0.29) is 12.0 Å². The fourth-order valence-corrected chi connectivity index (χ4v) is 7.18. The quantitative estimate of drug-likeness (QED) is 0.204. The fourth-order valence-electron chi connectivity index (χ4n) is 7.18. The number of nitrogens with zero attached hydrogens (tertiary/aromatic N) is 2. The molecule has 2 atom stereocenters. The van der Waals surface area contributed by atoms with Crippen molar-refractivity contribution in [3.8, 4) is 0 Å². The molecule has 0 saturated carbocycles. The lowest BCUT2D eigenvalue weighted by Gasteiger charge is -2.17. The van der Waals surface area contributed by atoms with Gasteiger partial charge in [0.1, 0.15) is 0 Å². The minimum Gasteiger partial charge on any atom is -0.357 e. The van der Waals surface area contributed by atoms with Gasteiger partial charge in [-0.2, -0.15) is 0 Å². The number of aromatic amines is 2. The van der Waals surface area contributed by atoms with Crippen molar-refractivity contribution in [2.24, 2.45) is 9.98 Å². The van der Waals surface area contributed by atoms with Gasteiger partial charge in [-0.25, -0.2) is 0 Å². The van der Waals surface area contributed by atoms with E-state index in [9.17, 15) is 0 Å². The summed E-state index contributed by atoms with van der Waals surface area (Å²) in [6.07, 6.45) is 8.73. The molecule has 9 rings (SSSR count). The zero-order valence-corrected chi connectivity index (χ0v) is 26.2. The molecular formula is C44H32N4. The second-order valence-corrected chi connectivity index (χ2v) is 12.3. The summed E-state index contributed by atoms with van der Waals surface area (Å²) in [5.74, 6) is -0.0777. The van der Waals surface area contributed by atoms with E-state index in [0.717, 1.165) is 72.6 Å². The molecule has 4 heteroatoms. The summed E-state index contributed by atoms with van der Waals surface area (Å²) < 4.78 is 0. The van der Waals surface area contributed by atoms with Crippen molar-refractivity contribution in [2.75, 3.05) is 0 Å². The molecule has 8 bridgehead atoms. The van der Waals surface area contributed by atoms with Gasteiger partial charge in [-0.05, 0) is 64.7 Å². The first kappa shape index (κ1) is 28.0. The van der Waals surface area contributed by atoms with Crippen LogP contribution in [-0.4, -0.2) is 27.4 Å². The Morgan fingerprint density at radius 1 is 0.500 bits per heavy atom. The van der Waals surface area contributed by atoms with Gasteiger partial charge in [0, 0.05) is 38.8 Å². The van der Waals surface area contributed by atoms with Crippen LogP contribution < -0.4 is 10.7 Å². The molecule has 0 radical (unpaired) electrons. The topological polar surface area (TPSA) is 56.3 Å². The smallest absolute Gasteiger partial charge is 0.0968 e. The zero-order valence-electron chi connectivity index (χ0n) is 26.2. The third-order valence-electron chi connectivity index (χ3n) is 9.36. The molecule has 3 aliphatic heterocycles. The second-order valence-electron chi connectivity index (χ2n) is 12.3. The third-order valence-corrected chi connectivity index (χ3v) is 9.36. The first-order valence-corrected chi connectivity index (χ1v) is 16.4. The Bertz CT molecular complexity index is 2420. The standard InChI is InChI=1S/C44H32N4/c1-5-13-29(14-6-1)41-33-21-23-35(45-33)42(30-15-7-2-8-16-30)37-25-27-39(47-37)44(32-19-11-4-12-20-32)40-28-26-38(48-40)43(31-17-9-3-10-18-31)36-24-22-34(41)46-36/h1-28,33,43,47-48H/b41-34-,42-37-,44-39-. The number of hydrogen-bond acceptors (Lipinski definition) is 2. The average molecular weight is 617 g/mol. The Kier molecular flexibility index (Phi) is 6.90. The lowest BCUT2D eigenvalue weighted by molar-refractivity contribution is 1.01. The van der Waals surface area contributed by atoms with E-state index in [1.165, 1.54) is 5.56 Å². The van der Waals surface area contributed by atoms with Crippen LogP contribution in [0.1, 0.15) is 39.6 Å². The Hall–Kier alpha value is -6.26. The van der Waals surface area contributed by atoms with Crippen LogP contribution in [0.2, 0.25) is 0 Å². The minimum atomic E-state index is -0.190. The summed E-state index contributed by atoms with van der Waals surface area (Å²) in [5, 5.41) is 2.05. The van der Waals surface area contributed by atoms with E-state index >= 15 is 0 Å². The number of allylic oxidation sites excluding steroid dienone is 3. The number of benzene rings is 4. The third kappa shape index (κ3) is 4.95. The van der Waals surface area contributed by atoms with Crippen LogP contribution in [0.25, 0.3) is 16.7 Å². The maximum Gasteiger partial charge on any atom is 0.0968 e. The molecule has 4 aromatic carbocycles. The van der Waals surface area contributed by atoms with Crippen LogP contribution in [0.3, 0.4) is 0 Å². The average Bonchev–Trinajstić information content (AvgIpc) is 3.98. The molecule has 0 aliphatic carbocycles. The Morgan fingerprint density at radius 2 is 1.10 bits per heavy atom. The fraction of sp³-hybridized carbons (Fsp3) is 0.0455. The summed E-state index contributed by atoms with van der Waals surface area (Å²) in [4.78, 5) is 18.5. The summed E-state index contributed by atoms with van der Waals surface area (Å²) in [6.45, 7) is 0. The van der Waals surface area contributed by atoms with Gasteiger partial charge in [0.05, 0.1) is 29.1 Å². The van der Waals surface area contributed by atoms with Gasteiger partial charge in [-0.15, -0.1) is 0 Å². The molecular weight excluding hydrogens is 585 g/mol. The van der Waals surface area contributed by atoms with E-state index < -0.39 is 0 Å². The number of nitrogens with one attached hydrogen (secondary N) is 2. The number of aromatic nitrogens is 2. The lowest BCUT2D eigenvalue weighted by atomic mass is 9.91. The highest BCUT2D eigenvalue weighted by molar-refractivity contribution is 6.30. The molecule has 0 spiro atoms. The molecule has 5 heterocycles. The van der Waals surface area contributed by atoms with Crippen LogP contribution in [0.5, 0.6) is 0 Å². The predicted molar refractivity (Wildman–Crippen MR) is 196 cm³/mol. The molecule has 2 N–H and O–H groups in total. The van der Waals surface area contributed by atoms with Crippen molar-refractivity contribution in [1.29, 1.82) is 0 Å². The summed E-state index contributed by atoms with van der Waals surface area (Å²) in [5.41, 5.74) is 12.8. The van der Waals surface area contributed by atoms with Crippen LogP contribution >= 0.6 is 0 Å². The van der Waals surface area contributed by atoms with Crippen LogP contribution in [-0.2, 0) is 0 Å². The molecule has 0 saturated heterocycles. The summed E-state index contributed by atoms with van der Waals surface area (Å²) in [6, 6.07) is 51.0. The highest BCUT2D eigenvalue weighted by Crippen LogP contribution is 2.36. The maximum absolute atomic E-state index is 5.42. The predicted octanol–water partition coefficient (Wildman–Crippen LogP) is 7.74. The molecule has 228 valence electrons. The van der Waals surface area contributed by atoms with Crippen molar-refractivity contribution < 1.29 is 0 Å². The Balaban J connectivity index is 1.38. The minimum absolute atomic E-state index is 0.0777. The maximum atomic E-state index is 5.42. The largest absolute Gasteiger partial charge is 0.357 e. The van der Waals surface area contributed by atoms with Crippen LogP contribution in [0, 0.1) is 0 Å². The van der Waals surface area contributed by atoms with Gasteiger partial charge < -0.3 is 9.97 Å². The van der Waals surface area contributed by atoms with Gasteiger partial charge in [0.2, 0.25) is 0 Å². The molecule has 4 nitrogen and oxygen atoms in total. The van der Waals surface area contributed by atoms with Gasteiger partial charge in [-0.3, -0.25) is 9.98 Å². The first-order valence-electron chi connectivity index (χ1n) is 16.4. The zero-order chi connectivity index (χ0) is 31.9. The monoisotopic (exact) mass is 616 g/mol. The summed E-state index contributed by atoms with van der Waals surface area (Å²) in [7, 11) is 0. The normalized spacial score (nSPS) is 22.1. The van der Waals surface area contributed by atoms with Crippen molar-refractivity contribution >= 4 is 28.1 Å². The van der Waals surface area contributed by atoms with Gasteiger partial charge in [-0.1, -0.05) is 127 Å². The first-order chi connectivity index (χ1) is 23.8. The summed E-state index contributed by atoms with van der Waals surface area (Å²) >= 11 is 0. The van der Waals surface area contributed by atoms with Gasteiger partial charge in [0.15, 0.2) is 0 Å². The molecule has 6 aromatic rings. The van der Waals surface area contributed by atoms with Crippen molar-refractivity contribution in [1.82, 2.24) is 9.97 Å². The van der Waals surface area contributed by atoms with E-state index in [0.29, 0.717) is 0 Å². The van der Waals surface area contributed by atoms with E-state index in [1.807, 2.05) is 0 Å². The Morgan fingerprint density at radius 3 is 1.79 bits per heavy atom. The van der Waals surface area contributed by atoms with Crippen LogP contribution in [0.4, 0.5) is 0 Å². The molecule has 2 aromatic heterocycles. The highest BCUT2D eigenvalue weighted by Gasteiger charge is 2.28. The Labute approximate surface area is 279 Å². The molecule has 0 amide bonds. The van der Waals surface area contributed by atoms with Crippen LogP contribution in [0.15, 0.2) is 186 Å². The van der Waals surface area contributed by atoms with E-state index in [1.54, 1.807) is 0 Å². The number of hydrogen-bond donors (Lipinski definition) is 2. The molecule has 2 unspecified atom stereocenters.